The summed E-state index contributed by atoms with van der Waals surface area (Å²) in [7, 11) is 2.95. The molecule has 6 nitrogen and oxygen atoms in total. The lowest BCUT2D eigenvalue weighted by atomic mass is 9.86. The van der Waals surface area contributed by atoms with Crippen LogP contribution in [0.1, 0.15) is 57.8 Å². The van der Waals surface area contributed by atoms with Gasteiger partial charge in [0.1, 0.15) is 0 Å². The minimum atomic E-state index is -0.0513. The zero-order valence-corrected chi connectivity index (χ0v) is 15.7. The molecule has 0 spiro atoms. The second-order valence-corrected chi connectivity index (χ2v) is 7.41. The molecule has 6 heteroatoms. The van der Waals surface area contributed by atoms with Crippen LogP contribution in [0.15, 0.2) is 0 Å². The van der Waals surface area contributed by atoms with Gasteiger partial charge in [0.25, 0.3) is 0 Å². The second kappa shape index (κ2) is 10.8. The second-order valence-electron chi connectivity index (χ2n) is 7.41. The summed E-state index contributed by atoms with van der Waals surface area (Å²) in [6.45, 7) is 2.02. The summed E-state index contributed by atoms with van der Waals surface area (Å²) in [4.78, 5) is 23.0. The third-order valence-electron chi connectivity index (χ3n) is 5.74. The van der Waals surface area contributed by atoms with E-state index >= 15 is 0 Å². The zero-order chi connectivity index (χ0) is 18.1. The minimum absolute atomic E-state index is 0.0513. The van der Waals surface area contributed by atoms with Crippen molar-refractivity contribution >= 4 is 11.9 Å². The number of nitrogens with one attached hydrogen (secondary N) is 2. The van der Waals surface area contributed by atoms with E-state index in [2.05, 4.69) is 10.6 Å². The molecule has 0 aromatic heterocycles. The summed E-state index contributed by atoms with van der Waals surface area (Å²) in [6, 6.07) is 1.08. The fraction of sp³-hybridized carbons (Fsp3) is 0.895. The van der Waals surface area contributed by atoms with E-state index in [0.29, 0.717) is 12.1 Å². The summed E-state index contributed by atoms with van der Waals surface area (Å²) < 4.78 is 9.66. The SMILES string of the molecule is COC(=O)C1CCC(NCCCNC2CCC(C(=O)OC)CC2)CC1. The molecule has 2 fully saturated rings. The van der Waals surface area contributed by atoms with Crippen LogP contribution in [0.2, 0.25) is 0 Å². The first-order valence-corrected chi connectivity index (χ1v) is 9.76. The third-order valence-corrected chi connectivity index (χ3v) is 5.74. The van der Waals surface area contributed by atoms with E-state index in [1.54, 1.807) is 0 Å². The zero-order valence-electron chi connectivity index (χ0n) is 15.7. The van der Waals surface area contributed by atoms with E-state index in [0.717, 1.165) is 70.9 Å². The van der Waals surface area contributed by atoms with E-state index in [-0.39, 0.29) is 23.8 Å². The Morgan fingerprint density at radius 1 is 0.720 bits per heavy atom. The van der Waals surface area contributed by atoms with Gasteiger partial charge < -0.3 is 20.1 Å². The highest BCUT2D eigenvalue weighted by Crippen LogP contribution is 2.26. The maximum atomic E-state index is 11.5. The predicted octanol–water partition coefficient (Wildman–Crippen LogP) is 2.02. The summed E-state index contributed by atoms with van der Waals surface area (Å²) in [5.41, 5.74) is 0. The first kappa shape index (κ1) is 20.2. The van der Waals surface area contributed by atoms with Crippen LogP contribution < -0.4 is 10.6 Å². The number of rotatable bonds is 8. The molecule has 2 saturated carbocycles. The van der Waals surface area contributed by atoms with Gasteiger partial charge in [-0.2, -0.15) is 0 Å². The van der Waals surface area contributed by atoms with Crippen LogP contribution in [-0.4, -0.2) is 51.3 Å². The van der Waals surface area contributed by atoms with Gasteiger partial charge in [-0.3, -0.25) is 9.59 Å². The molecule has 144 valence electrons. The Morgan fingerprint density at radius 3 is 1.40 bits per heavy atom. The first-order valence-electron chi connectivity index (χ1n) is 9.76. The molecule has 0 heterocycles. The molecule has 0 aliphatic heterocycles. The monoisotopic (exact) mass is 354 g/mol. The number of esters is 2. The normalized spacial score (nSPS) is 29.8. The molecule has 25 heavy (non-hydrogen) atoms. The van der Waals surface area contributed by atoms with Crippen LogP contribution in [0, 0.1) is 11.8 Å². The fourth-order valence-electron chi connectivity index (χ4n) is 4.10. The number of hydrogen-bond acceptors (Lipinski definition) is 6. The van der Waals surface area contributed by atoms with E-state index in [9.17, 15) is 9.59 Å². The Morgan fingerprint density at radius 2 is 1.08 bits per heavy atom. The van der Waals surface area contributed by atoms with Gasteiger partial charge in [-0.1, -0.05) is 0 Å². The molecule has 0 aromatic carbocycles. The molecule has 0 radical (unpaired) electrons. The number of carbonyl (C=O) groups excluding carboxylic acids is 2. The molecule has 2 N–H and O–H groups in total. The minimum Gasteiger partial charge on any atom is -0.469 e. The third kappa shape index (κ3) is 6.59. The van der Waals surface area contributed by atoms with Gasteiger partial charge in [-0.05, 0) is 70.9 Å². The van der Waals surface area contributed by atoms with Crippen LogP contribution in [0.4, 0.5) is 0 Å². The maximum Gasteiger partial charge on any atom is 0.308 e. The van der Waals surface area contributed by atoms with Crippen LogP contribution in [0.3, 0.4) is 0 Å². The Kier molecular flexibility index (Phi) is 8.68. The topological polar surface area (TPSA) is 76.7 Å². The van der Waals surface area contributed by atoms with Crippen molar-refractivity contribution < 1.29 is 19.1 Å². The Balaban J connectivity index is 1.48. The van der Waals surface area contributed by atoms with Gasteiger partial charge in [0.15, 0.2) is 0 Å². The molecule has 0 amide bonds. The largest absolute Gasteiger partial charge is 0.469 e. The van der Waals surface area contributed by atoms with Crippen molar-refractivity contribution in [3.8, 4) is 0 Å². The Bertz CT molecular complexity index is 376. The molecule has 0 atom stereocenters. The van der Waals surface area contributed by atoms with E-state index in [1.807, 2.05) is 0 Å². The van der Waals surface area contributed by atoms with Gasteiger partial charge in [-0.15, -0.1) is 0 Å². The lowest BCUT2D eigenvalue weighted by Gasteiger charge is -2.29. The van der Waals surface area contributed by atoms with Crippen molar-refractivity contribution in [3.05, 3.63) is 0 Å². The van der Waals surface area contributed by atoms with Crippen molar-refractivity contribution in [2.24, 2.45) is 11.8 Å². The van der Waals surface area contributed by atoms with Gasteiger partial charge in [-0.25, -0.2) is 0 Å². The van der Waals surface area contributed by atoms with Crippen molar-refractivity contribution in [1.29, 1.82) is 0 Å². The average Bonchev–Trinajstić information content (AvgIpc) is 2.67. The van der Waals surface area contributed by atoms with E-state index in [4.69, 9.17) is 9.47 Å². The van der Waals surface area contributed by atoms with Gasteiger partial charge in [0.05, 0.1) is 26.1 Å². The summed E-state index contributed by atoms with van der Waals surface area (Å²) in [5.74, 6) is 0.101. The maximum absolute atomic E-state index is 11.5. The lowest BCUT2D eigenvalue weighted by Crippen LogP contribution is -2.38. The molecule has 2 rings (SSSR count). The highest BCUT2D eigenvalue weighted by molar-refractivity contribution is 5.72. The smallest absolute Gasteiger partial charge is 0.308 e. The number of hydrogen-bond donors (Lipinski definition) is 2. The van der Waals surface area contributed by atoms with Crippen molar-refractivity contribution in [1.82, 2.24) is 10.6 Å². The standard InChI is InChI=1S/C19H34N2O4/c1-24-18(22)14-4-8-16(9-5-14)20-12-3-13-21-17-10-6-15(7-11-17)19(23)25-2/h14-17,20-21H,3-13H2,1-2H3. The highest BCUT2D eigenvalue weighted by Gasteiger charge is 2.27. The predicted molar refractivity (Wildman–Crippen MR) is 96.1 cm³/mol. The van der Waals surface area contributed by atoms with Crippen molar-refractivity contribution in [3.63, 3.8) is 0 Å². The fourth-order valence-corrected chi connectivity index (χ4v) is 4.10. The lowest BCUT2D eigenvalue weighted by molar-refractivity contribution is -0.147. The van der Waals surface area contributed by atoms with Crippen LogP contribution in [0.25, 0.3) is 0 Å². The molecule has 2 aliphatic carbocycles. The van der Waals surface area contributed by atoms with E-state index < -0.39 is 0 Å². The molecule has 0 bridgehead atoms. The van der Waals surface area contributed by atoms with Crippen LogP contribution in [-0.2, 0) is 19.1 Å². The molecule has 0 saturated heterocycles. The number of ether oxygens (including phenoxy) is 2. The summed E-state index contributed by atoms with van der Waals surface area (Å²) in [6.07, 6.45) is 9.09. The molecule has 0 aromatic rings. The summed E-state index contributed by atoms with van der Waals surface area (Å²) >= 11 is 0. The average molecular weight is 354 g/mol. The number of carbonyl (C=O) groups is 2. The van der Waals surface area contributed by atoms with Crippen LogP contribution in [0.5, 0.6) is 0 Å². The molecular weight excluding hydrogens is 320 g/mol. The number of methoxy groups -OCH3 is 2. The summed E-state index contributed by atoms with van der Waals surface area (Å²) in [5, 5.41) is 7.23. The highest BCUT2D eigenvalue weighted by atomic mass is 16.5. The first-order chi connectivity index (χ1) is 12.1. The molecular formula is C19H34N2O4. The van der Waals surface area contributed by atoms with Gasteiger partial charge in [0.2, 0.25) is 0 Å². The van der Waals surface area contributed by atoms with Gasteiger partial charge in [0, 0.05) is 12.1 Å². The quantitative estimate of drug-likeness (QED) is 0.513. The van der Waals surface area contributed by atoms with Crippen molar-refractivity contribution in [2.75, 3.05) is 27.3 Å². The molecule has 2 aliphatic rings. The van der Waals surface area contributed by atoms with E-state index in [1.165, 1.54) is 14.2 Å². The van der Waals surface area contributed by atoms with Crippen molar-refractivity contribution in [2.45, 2.75) is 69.9 Å². The van der Waals surface area contributed by atoms with Crippen LogP contribution >= 0.6 is 0 Å². The Labute approximate surface area is 151 Å². The Hall–Kier alpha value is -1.14. The molecule has 0 unspecified atom stereocenters. The van der Waals surface area contributed by atoms with Gasteiger partial charge >= 0.3 is 11.9 Å².